The van der Waals surface area contributed by atoms with E-state index in [4.69, 9.17) is 9.73 Å². The lowest BCUT2D eigenvalue weighted by Crippen LogP contribution is -2.62. The topological polar surface area (TPSA) is 45.1 Å². The second-order valence-corrected chi connectivity index (χ2v) is 9.94. The molecule has 2 aliphatic heterocycles. The molecule has 0 radical (unpaired) electrons. The van der Waals surface area contributed by atoms with Crippen LogP contribution in [0.25, 0.3) is 10.8 Å². The summed E-state index contributed by atoms with van der Waals surface area (Å²) in [6.07, 6.45) is 9.56. The fourth-order valence-corrected chi connectivity index (χ4v) is 5.53. The van der Waals surface area contributed by atoms with Gasteiger partial charge in [0, 0.05) is 17.6 Å². The molecule has 1 N–H and O–H groups in total. The number of phenols is 1. The minimum atomic E-state index is -0.683. The summed E-state index contributed by atoms with van der Waals surface area (Å²) in [5.41, 5.74) is 2.37. The molecule has 1 atom stereocenters. The molecule has 0 aliphatic carbocycles. The first-order valence-corrected chi connectivity index (χ1v) is 12.3. The van der Waals surface area contributed by atoms with Gasteiger partial charge in [-0.2, -0.15) is 0 Å². The Morgan fingerprint density at radius 1 is 0.939 bits per heavy atom. The van der Waals surface area contributed by atoms with Gasteiger partial charge in [-0.15, -0.1) is 0 Å². The van der Waals surface area contributed by atoms with Crippen molar-refractivity contribution in [3.8, 4) is 11.5 Å². The SMILES string of the molecule is CCCCCCCCN1c2ccccc2C(C)(C)C12C=Nc1c(ccc3ccc(O)cc13)O2. The first-order valence-electron chi connectivity index (χ1n) is 12.3. The van der Waals surface area contributed by atoms with Crippen LogP contribution in [0.4, 0.5) is 11.4 Å². The number of hydrogen-bond donors (Lipinski definition) is 1. The van der Waals surface area contributed by atoms with Crippen molar-refractivity contribution in [2.75, 3.05) is 11.4 Å². The van der Waals surface area contributed by atoms with E-state index in [0.717, 1.165) is 35.2 Å². The molecule has 0 fully saturated rings. The Bertz CT molecular complexity index is 1200. The van der Waals surface area contributed by atoms with Gasteiger partial charge in [-0.25, -0.2) is 0 Å². The Morgan fingerprint density at radius 2 is 1.70 bits per heavy atom. The Hall–Kier alpha value is -3.01. The molecule has 3 aromatic rings. The van der Waals surface area contributed by atoms with Crippen LogP contribution in [-0.4, -0.2) is 23.6 Å². The molecule has 0 aromatic heterocycles. The monoisotopic (exact) mass is 442 g/mol. The molecule has 1 spiro atoms. The number of hydrogen-bond acceptors (Lipinski definition) is 4. The highest BCUT2D eigenvalue weighted by molar-refractivity contribution is 6.00. The molecule has 3 aromatic carbocycles. The smallest absolute Gasteiger partial charge is 0.228 e. The molecule has 0 saturated carbocycles. The van der Waals surface area contributed by atoms with Crippen LogP contribution in [0.2, 0.25) is 0 Å². The molecule has 172 valence electrons. The lowest BCUT2D eigenvalue weighted by molar-refractivity contribution is 0.0774. The summed E-state index contributed by atoms with van der Waals surface area (Å²) in [4.78, 5) is 7.42. The van der Waals surface area contributed by atoms with Gasteiger partial charge in [-0.3, -0.25) is 4.99 Å². The highest BCUT2D eigenvalue weighted by Gasteiger charge is 2.59. The maximum Gasteiger partial charge on any atom is 0.228 e. The van der Waals surface area contributed by atoms with Gasteiger partial charge in [-0.05, 0) is 55.5 Å². The van der Waals surface area contributed by atoms with E-state index >= 15 is 0 Å². The number of anilines is 1. The highest BCUT2D eigenvalue weighted by atomic mass is 16.5. The normalized spacial score (nSPS) is 20.2. The van der Waals surface area contributed by atoms with E-state index in [2.05, 4.69) is 56.0 Å². The fraction of sp³-hybridized carbons (Fsp3) is 0.414. The fourth-order valence-electron chi connectivity index (χ4n) is 5.53. The van der Waals surface area contributed by atoms with Gasteiger partial charge < -0.3 is 14.7 Å². The summed E-state index contributed by atoms with van der Waals surface area (Å²) in [5.74, 6) is 1.01. The summed E-state index contributed by atoms with van der Waals surface area (Å²) >= 11 is 0. The quantitative estimate of drug-likeness (QED) is 0.385. The number of ether oxygens (including phenoxy) is 1. The summed E-state index contributed by atoms with van der Waals surface area (Å²) in [6.45, 7) is 7.71. The summed E-state index contributed by atoms with van der Waals surface area (Å²) in [7, 11) is 0. The molecular weight excluding hydrogens is 408 g/mol. The van der Waals surface area contributed by atoms with Gasteiger partial charge in [0.15, 0.2) is 0 Å². The van der Waals surface area contributed by atoms with Crippen molar-refractivity contribution in [1.82, 2.24) is 0 Å². The number of aliphatic imine (C=N–C) groups is 1. The summed E-state index contributed by atoms with van der Waals surface area (Å²) in [6, 6.07) is 18.2. The van der Waals surface area contributed by atoms with E-state index in [1.807, 2.05) is 18.3 Å². The van der Waals surface area contributed by atoms with Crippen LogP contribution in [-0.2, 0) is 5.41 Å². The molecule has 2 aliphatic rings. The predicted molar refractivity (Wildman–Crippen MR) is 137 cm³/mol. The van der Waals surface area contributed by atoms with Crippen molar-refractivity contribution in [3.63, 3.8) is 0 Å². The number of aromatic hydroxyl groups is 1. The zero-order valence-electron chi connectivity index (χ0n) is 20.0. The van der Waals surface area contributed by atoms with Crippen LogP contribution in [0, 0.1) is 0 Å². The molecule has 4 nitrogen and oxygen atoms in total. The van der Waals surface area contributed by atoms with E-state index in [0.29, 0.717) is 0 Å². The molecule has 0 saturated heterocycles. The first kappa shape index (κ1) is 21.8. The van der Waals surface area contributed by atoms with Crippen LogP contribution < -0.4 is 9.64 Å². The van der Waals surface area contributed by atoms with Crippen LogP contribution in [0.3, 0.4) is 0 Å². The lowest BCUT2D eigenvalue weighted by Gasteiger charge is -2.46. The van der Waals surface area contributed by atoms with Crippen LogP contribution >= 0.6 is 0 Å². The molecule has 0 bridgehead atoms. The third-order valence-electron chi connectivity index (χ3n) is 7.47. The molecular formula is C29H34N2O2. The number of phenolic OH excluding ortho intramolecular Hbond substituents is 1. The molecule has 1 unspecified atom stereocenters. The van der Waals surface area contributed by atoms with Crippen molar-refractivity contribution >= 4 is 28.4 Å². The zero-order chi connectivity index (χ0) is 23.1. The van der Waals surface area contributed by atoms with Crippen molar-refractivity contribution in [2.45, 2.75) is 70.4 Å². The molecule has 2 heterocycles. The minimum Gasteiger partial charge on any atom is -0.508 e. The highest BCUT2D eigenvalue weighted by Crippen LogP contribution is 2.54. The average Bonchev–Trinajstić information content (AvgIpc) is 2.99. The second-order valence-electron chi connectivity index (χ2n) is 9.94. The third kappa shape index (κ3) is 3.47. The lowest BCUT2D eigenvalue weighted by atomic mass is 9.77. The Kier molecular flexibility index (Phi) is 5.55. The van der Waals surface area contributed by atoms with Crippen molar-refractivity contribution < 1.29 is 9.84 Å². The Balaban J connectivity index is 1.52. The number of fused-ring (bicyclic) bond motifs is 4. The predicted octanol–water partition coefficient (Wildman–Crippen LogP) is 7.49. The van der Waals surface area contributed by atoms with Crippen molar-refractivity contribution in [1.29, 1.82) is 0 Å². The minimum absolute atomic E-state index is 0.240. The van der Waals surface area contributed by atoms with Crippen molar-refractivity contribution in [3.05, 3.63) is 60.2 Å². The van der Waals surface area contributed by atoms with Crippen LogP contribution in [0.5, 0.6) is 11.5 Å². The van der Waals surface area contributed by atoms with E-state index in [-0.39, 0.29) is 11.2 Å². The number of nitrogens with zero attached hydrogens (tertiary/aromatic N) is 2. The number of unbranched alkanes of at least 4 members (excludes halogenated alkanes) is 5. The molecule has 5 rings (SSSR count). The zero-order valence-corrected chi connectivity index (χ0v) is 20.0. The van der Waals surface area contributed by atoms with Crippen LogP contribution in [0.15, 0.2) is 59.6 Å². The number of rotatable bonds is 7. The largest absolute Gasteiger partial charge is 0.508 e. The maximum atomic E-state index is 10.1. The van der Waals surface area contributed by atoms with E-state index in [1.165, 1.54) is 43.4 Å². The van der Waals surface area contributed by atoms with Crippen LogP contribution in [0.1, 0.15) is 64.9 Å². The van der Waals surface area contributed by atoms with Gasteiger partial charge in [0.05, 0.1) is 11.6 Å². The molecule has 4 heteroatoms. The third-order valence-corrected chi connectivity index (χ3v) is 7.47. The van der Waals surface area contributed by atoms with Gasteiger partial charge in [0.1, 0.15) is 17.2 Å². The molecule has 33 heavy (non-hydrogen) atoms. The summed E-state index contributed by atoms with van der Waals surface area (Å²) in [5, 5.41) is 12.0. The maximum absolute atomic E-state index is 10.1. The number of benzene rings is 3. The van der Waals surface area contributed by atoms with E-state index in [1.54, 1.807) is 12.1 Å². The van der Waals surface area contributed by atoms with E-state index in [9.17, 15) is 5.11 Å². The molecule has 0 amide bonds. The standard InChI is InChI=1S/C29H34N2O2/c1-4-5-6-7-8-11-18-31-25-13-10-9-12-24(25)28(2,3)29(31)20-30-27-23-19-22(32)16-14-21(23)15-17-26(27)33-29/h9-10,12-17,19-20,32H,4-8,11,18H2,1-3H3. The van der Waals surface area contributed by atoms with Gasteiger partial charge in [-0.1, -0.05) is 69.4 Å². The first-order chi connectivity index (χ1) is 16.0. The van der Waals surface area contributed by atoms with Gasteiger partial charge in [0.2, 0.25) is 5.72 Å². The van der Waals surface area contributed by atoms with Gasteiger partial charge >= 0.3 is 0 Å². The van der Waals surface area contributed by atoms with Crippen molar-refractivity contribution in [2.24, 2.45) is 4.99 Å². The van der Waals surface area contributed by atoms with E-state index < -0.39 is 5.72 Å². The second kappa shape index (κ2) is 8.40. The summed E-state index contributed by atoms with van der Waals surface area (Å²) < 4.78 is 6.93. The number of para-hydroxylation sites is 1. The Morgan fingerprint density at radius 3 is 2.55 bits per heavy atom. The average molecular weight is 443 g/mol. The Labute approximate surface area is 196 Å². The van der Waals surface area contributed by atoms with Gasteiger partial charge in [0.25, 0.3) is 0 Å².